The molecule has 0 radical (unpaired) electrons. The van der Waals surface area contributed by atoms with Gasteiger partial charge in [0.25, 0.3) is 0 Å². The number of halogens is 1. The topological polar surface area (TPSA) is 85.1 Å². The molecule has 20 heavy (non-hydrogen) atoms. The number of hydrogen-bond acceptors (Lipinski definition) is 6. The summed E-state index contributed by atoms with van der Waals surface area (Å²) in [7, 11) is 0. The van der Waals surface area contributed by atoms with Gasteiger partial charge in [-0.15, -0.1) is 0 Å². The summed E-state index contributed by atoms with van der Waals surface area (Å²) in [5.41, 5.74) is 3.39. The summed E-state index contributed by atoms with van der Waals surface area (Å²) in [5.74, 6) is 7.34. The van der Waals surface area contributed by atoms with Crippen LogP contribution in [0.5, 0.6) is 5.75 Å². The molecular weight excluding hydrogens is 322 g/mol. The molecule has 0 aliphatic rings. The molecule has 0 unspecified atom stereocenters. The largest absolute Gasteiger partial charge is 0.491 e. The first kappa shape index (κ1) is 14.5. The van der Waals surface area contributed by atoms with Crippen molar-refractivity contribution in [3.63, 3.8) is 0 Å². The van der Waals surface area contributed by atoms with Crippen LogP contribution in [0.4, 0.5) is 17.3 Å². The monoisotopic (exact) mass is 337 g/mol. The van der Waals surface area contributed by atoms with Crippen LogP contribution in [-0.2, 0) is 0 Å². The molecule has 6 nitrogen and oxygen atoms in total. The lowest BCUT2D eigenvalue weighted by Crippen LogP contribution is -2.10. The average Bonchev–Trinajstić information content (AvgIpc) is 2.43. The Morgan fingerprint density at radius 2 is 1.80 bits per heavy atom. The molecule has 106 valence electrons. The van der Waals surface area contributed by atoms with E-state index in [4.69, 9.17) is 10.6 Å². The van der Waals surface area contributed by atoms with Gasteiger partial charge in [0, 0.05) is 5.69 Å². The van der Waals surface area contributed by atoms with Gasteiger partial charge in [-0.1, -0.05) is 0 Å². The lowest BCUT2D eigenvalue weighted by atomic mass is 10.3. The molecule has 0 atom stereocenters. The molecule has 0 bridgehead atoms. The fraction of sp³-hybridized carbons (Fsp3) is 0.231. The second kappa shape index (κ2) is 6.53. The minimum atomic E-state index is 0.156. The molecule has 0 saturated carbocycles. The van der Waals surface area contributed by atoms with E-state index in [1.807, 2.05) is 38.1 Å². The Morgan fingerprint density at radius 3 is 2.40 bits per heavy atom. The first-order valence-corrected chi connectivity index (χ1v) is 6.90. The molecular formula is C13H16BrN5O. The van der Waals surface area contributed by atoms with Gasteiger partial charge < -0.3 is 15.5 Å². The predicted molar refractivity (Wildman–Crippen MR) is 83.0 cm³/mol. The summed E-state index contributed by atoms with van der Waals surface area (Å²) in [4.78, 5) is 8.15. The zero-order valence-electron chi connectivity index (χ0n) is 11.2. The highest BCUT2D eigenvalue weighted by Gasteiger charge is 2.08. The van der Waals surface area contributed by atoms with Crippen LogP contribution in [0.3, 0.4) is 0 Å². The van der Waals surface area contributed by atoms with Crippen LogP contribution in [-0.4, -0.2) is 16.1 Å². The van der Waals surface area contributed by atoms with Gasteiger partial charge in [0.05, 0.1) is 6.10 Å². The number of benzene rings is 1. The van der Waals surface area contributed by atoms with Crippen molar-refractivity contribution in [3.05, 3.63) is 35.1 Å². The van der Waals surface area contributed by atoms with Crippen molar-refractivity contribution in [2.24, 2.45) is 5.84 Å². The van der Waals surface area contributed by atoms with Crippen LogP contribution in [0.15, 0.2) is 35.1 Å². The van der Waals surface area contributed by atoms with Gasteiger partial charge in [-0.2, -0.15) is 0 Å². The maximum absolute atomic E-state index is 5.59. The SMILES string of the molecule is CC(C)Oc1ccc(Nc2ncnc(NN)c2Br)cc1. The Morgan fingerprint density at radius 1 is 1.15 bits per heavy atom. The average molecular weight is 338 g/mol. The molecule has 2 rings (SSSR count). The van der Waals surface area contributed by atoms with E-state index in [2.05, 4.69) is 36.6 Å². The van der Waals surface area contributed by atoms with Crippen LogP contribution in [0.2, 0.25) is 0 Å². The van der Waals surface area contributed by atoms with Crippen LogP contribution in [0.25, 0.3) is 0 Å². The zero-order valence-corrected chi connectivity index (χ0v) is 12.8. The Labute approximate surface area is 125 Å². The van der Waals surface area contributed by atoms with Crippen LogP contribution in [0.1, 0.15) is 13.8 Å². The van der Waals surface area contributed by atoms with Gasteiger partial charge in [0.1, 0.15) is 22.4 Å². The number of ether oxygens (including phenoxy) is 1. The lowest BCUT2D eigenvalue weighted by Gasteiger charge is -2.12. The Bertz CT molecular complexity index is 573. The lowest BCUT2D eigenvalue weighted by molar-refractivity contribution is 0.242. The zero-order chi connectivity index (χ0) is 14.5. The number of hydrogen-bond donors (Lipinski definition) is 3. The van der Waals surface area contributed by atoms with Crippen molar-refractivity contribution in [3.8, 4) is 5.75 Å². The summed E-state index contributed by atoms with van der Waals surface area (Å²) in [6, 6.07) is 7.64. The molecule has 0 aliphatic heterocycles. The summed E-state index contributed by atoms with van der Waals surface area (Å²) < 4.78 is 6.26. The maximum Gasteiger partial charge on any atom is 0.159 e. The number of hydrazine groups is 1. The highest BCUT2D eigenvalue weighted by Crippen LogP contribution is 2.28. The molecule has 0 amide bonds. The first-order chi connectivity index (χ1) is 9.60. The number of nitrogens with two attached hydrogens (primary N) is 1. The first-order valence-electron chi connectivity index (χ1n) is 6.11. The smallest absolute Gasteiger partial charge is 0.159 e. The van der Waals surface area contributed by atoms with Gasteiger partial charge in [0.15, 0.2) is 5.82 Å². The summed E-state index contributed by atoms with van der Waals surface area (Å²) in [5, 5.41) is 3.18. The van der Waals surface area contributed by atoms with Gasteiger partial charge in [-0.05, 0) is 54.0 Å². The van der Waals surface area contributed by atoms with Crippen LogP contribution >= 0.6 is 15.9 Å². The van der Waals surface area contributed by atoms with E-state index >= 15 is 0 Å². The number of aromatic nitrogens is 2. The molecule has 0 aliphatic carbocycles. The molecule has 4 N–H and O–H groups in total. The van der Waals surface area contributed by atoms with Crippen molar-refractivity contribution in [1.29, 1.82) is 0 Å². The van der Waals surface area contributed by atoms with E-state index in [1.54, 1.807) is 0 Å². The number of anilines is 3. The van der Waals surface area contributed by atoms with Gasteiger partial charge >= 0.3 is 0 Å². The molecule has 7 heteroatoms. The standard InChI is InChI=1S/C13H16BrN5O/c1-8(2)20-10-5-3-9(4-6-10)18-12-11(14)13(19-15)17-7-16-12/h3-8H,15H2,1-2H3,(H2,16,17,18,19). The molecule has 1 aromatic carbocycles. The number of rotatable bonds is 5. The quantitative estimate of drug-likeness (QED) is 0.574. The highest BCUT2D eigenvalue weighted by atomic mass is 79.9. The summed E-state index contributed by atoms with van der Waals surface area (Å²) >= 11 is 3.39. The van der Waals surface area contributed by atoms with Crippen LogP contribution in [0, 0.1) is 0 Å². The molecule has 1 heterocycles. The fourth-order valence-electron chi connectivity index (χ4n) is 1.58. The Kier molecular flexibility index (Phi) is 4.75. The third kappa shape index (κ3) is 3.58. The number of nitrogen functional groups attached to an aromatic ring is 1. The van der Waals surface area contributed by atoms with E-state index in [1.165, 1.54) is 6.33 Å². The second-order valence-electron chi connectivity index (χ2n) is 4.35. The van der Waals surface area contributed by atoms with Crippen molar-refractivity contribution in [2.45, 2.75) is 20.0 Å². The van der Waals surface area contributed by atoms with E-state index in [0.29, 0.717) is 16.1 Å². The van der Waals surface area contributed by atoms with E-state index in [9.17, 15) is 0 Å². The molecule has 2 aromatic rings. The summed E-state index contributed by atoms with van der Waals surface area (Å²) in [6.07, 6.45) is 1.58. The molecule has 0 fully saturated rings. The van der Waals surface area contributed by atoms with Gasteiger partial charge in [0.2, 0.25) is 0 Å². The number of nitrogens with zero attached hydrogens (tertiary/aromatic N) is 2. The highest BCUT2D eigenvalue weighted by molar-refractivity contribution is 9.10. The van der Waals surface area contributed by atoms with E-state index in [0.717, 1.165) is 11.4 Å². The summed E-state index contributed by atoms with van der Waals surface area (Å²) in [6.45, 7) is 3.98. The van der Waals surface area contributed by atoms with Crippen molar-refractivity contribution in [1.82, 2.24) is 9.97 Å². The third-order valence-corrected chi connectivity index (χ3v) is 3.17. The fourth-order valence-corrected chi connectivity index (χ4v) is 2.00. The van der Waals surface area contributed by atoms with Gasteiger partial charge in [-0.25, -0.2) is 15.8 Å². The molecule has 1 aromatic heterocycles. The van der Waals surface area contributed by atoms with Crippen molar-refractivity contribution in [2.75, 3.05) is 10.7 Å². The van der Waals surface area contributed by atoms with E-state index in [-0.39, 0.29) is 6.10 Å². The maximum atomic E-state index is 5.59. The normalized spacial score (nSPS) is 10.4. The van der Waals surface area contributed by atoms with Crippen LogP contribution < -0.4 is 21.3 Å². The number of nitrogens with one attached hydrogen (secondary N) is 2. The minimum absolute atomic E-state index is 0.156. The van der Waals surface area contributed by atoms with Gasteiger partial charge in [-0.3, -0.25) is 0 Å². The second-order valence-corrected chi connectivity index (χ2v) is 5.14. The Balaban J connectivity index is 2.14. The van der Waals surface area contributed by atoms with E-state index < -0.39 is 0 Å². The van der Waals surface area contributed by atoms with Crippen molar-refractivity contribution < 1.29 is 4.74 Å². The predicted octanol–water partition coefficient (Wildman–Crippen LogP) is 3.06. The third-order valence-electron chi connectivity index (χ3n) is 2.42. The molecule has 0 spiro atoms. The Hall–Kier alpha value is -1.86. The molecule has 0 saturated heterocycles. The van der Waals surface area contributed by atoms with Crippen molar-refractivity contribution >= 4 is 33.3 Å². The minimum Gasteiger partial charge on any atom is -0.491 e.